The van der Waals surface area contributed by atoms with Gasteiger partial charge in [-0.3, -0.25) is 14.3 Å². The molecule has 2 amide bonds. The van der Waals surface area contributed by atoms with E-state index in [9.17, 15) is 14.7 Å². The maximum absolute atomic E-state index is 12.1. The molecule has 0 bridgehead atoms. The molecule has 4 rings (SSSR count). The van der Waals surface area contributed by atoms with E-state index in [4.69, 9.17) is 165 Å². The summed E-state index contributed by atoms with van der Waals surface area (Å²) in [6.07, 6.45) is -0.120. The zero-order valence-corrected chi connectivity index (χ0v) is 36.1. The van der Waals surface area contributed by atoms with Crippen molar-refractivity contribution in [1.82, 2.24) is 9.80 Å². The van der Waals surface area contributed by atoms with Crippen LogP contribution in [0.3, 0.4) is 0 Å². The lowest BCUT2D eigenvalue weighted by Crippen LogP contribution is -2.32. The highest BCUT2D eigenvalue weighted by Gasteiger charge is 2.42. The molecule has 0 aromatic heterocycles. The minimum atomic E-state index is -0.837. The Labute approximate surface area is 381 Å². The van der Waals surface area contributed by atoms with Crippen molar-refractivity contribution in [2.24, 2.45) is 23.7 Å². The number of rotatable bonds is 6. The zero-order chi connectivity index (χ0) is 61.7. The van der Waals surface area contributed by atoms with E-state index in [1.807, 2.05) is 60.4 Å². The molecule has 2 heterocycles. The van der Waals surface area contributed by atoms with E-state index in [1.165, 1.54) is 5.56 Å². The molecular weight excluding hydrogens is 1140 g/mol. The number of carbonyl (C=O) groups is 2. The zero-order valence-electron chi connectivity index (χ0n) is 36.1. The molecule has 2 fully saturated rings. The molecule has 0 saturated carbocycles. The van der Waals surface area contributed by atoms with Crippen molar-refractivity contribution < 1.29 is 184 Å². The monoisotopic (exact) mass is 1180 g/mol. The van der Waals surface area contributed by atoms with Gasteiger partial charge in [0.25, 0.3) is 5.91 Å². The highest BCUT2D eigenvalue weighted by molar-refractivity contribution is 5.83. The molecule has 42 heteroatoms. The number of carbonyl (C=O) groups excluding carboxylic acids is 2. The van der Waals surface area contributed by atoms with Crippen molar-refractivity contribution >= 4 is 11.8 Å². The lowest BCUT2D eigenvalue weighted by atomic mass is 9.93. The van der Waals surface area contributed by atoms with E-state index in [-0.39, 0.29) is 28.6 Å². The third-order valence-electron chi connectivity index (χ3n) is 7.84. The summed E-state index contributed by atoms with van der Waals surface area (Å²) >= 11 is 0. The van der Waals surface area contributed by atoms with Crippen LogP contribution in [-0.4, -0.2) is 45.9 Å². The number of nitrogens with zero attached hydrogens (tertiary/aromatic N) is 2. The van der Waals surface area contributed by atoms with Crippen LogP contribution < -0.4 is 0 Å². The summed E-state index contributed by atoms with van der Waals surface area (Å²) < 4.78 is 288. The Morgan fingerprint density at radius 1 is 0.389 bits per heavy atom. The van der Waals surface area contributed by atoms with Crippen molar-refractivity contribution in [3.8, 4) is 0 Å². The number of benzene rings is 2. The third-order valence-corrected chi connectivity index (χ3v) is 7.84. The summed E-state index contributed by atoms with van der Waals surface area (Å²) in [5.74, 6) is 1.64. The van der Waals surface area contributed by atoms with Gasteiger partial charge in [-0.2, -0.15) is 0 Å². The van der Waals surface area contributed by atoms with Gasteiger partial charge in [0.15, 0.2) is 0 Å². The van der Waals surface area contributed by atoms with Gasteiger partial charge in [-0.25, -0.2) is 0 Å². The molecule has 450 valence electrons. The Morgan fingerprint density at radius 3 is 0.819 bits per heavy atom. The predicted octanol–water partition coefficient (Wildman–Crippen LogP) is 20.8. The number of aliphatic hydroxyl groups excluding tert-OH is 1. The van der Waals surface area contributed by atoms with E-state index < -0.39 is 6.10 Å². The predicted molar refractivity (Wildman–Crippen MR) is 183 cm³/mol. The first-order valence-corrected chi connectivity index (χ1v) is 15.6. The third kappa shape index (κ3) is 66.8. The van der Waals surface area contributed by atoms with Gasteiger partial charge in [0.2, 0.25) is 5.91 Å². The van der Waals surface area contributed by atoms with Crippen LogP contribution in [0.1, 0.15) is 71.2 Å². The Hall–Kier alpha value is -5.25. The van der Waals surface area contributed by atoms with Crippen LogP contribution >= 0.6 is 0 Å². The summed E-state index contributed by atoms with van der Waals surface area (Å²) in [4.78, 5) is 28.0. The second-order valence-corrected chi connectivity index (χ2v) is 10.8. The first-order chi connectivity index (χ1) is 34.6. The Morgan fingerprint density at radius 2 is 0.625 bits per heavy atom. The largest absolute Gasteiger partial charge is 0.383 e. The number of amides is 2. The van der Waals surface area contributed by atoms with Gasteiger partial charge in [0.05, 0.1) is 12.1 Å². The van der Waals surface area contributed by atoms with Crippen molar-refractivity contribution in [1.29, 1.82) is 0 Å². The molecule has 2 aromatic rings. The van der Waals surface area contributed by atoms with Gasteiger partial charge in [-0.05, 0) is 42.7 Å². The average molecular weight is 1180 g/mol. The SMILES string of the molecule is CC(C)C1CC(=O)N([C@H](C)c2ccccc2)C1.CC(C)C1CN([C@H](C)c2ccccc2)C(=O)C1O.F.FF.FF.FF.FF.FF.FF.FF.FF.FF.FF.FF.FF.FF.FF.FF.FF.FF.FF. The molecule has 5 nitrogen and oxygen atoms in total. The summed E-state index contributed by atoms with van der Waals surface area (Å²) in [5, 5.41) is 10.0. The van der Waals surface area contributed by atoms with Crippen LogP contribution in [-0.2, 0) is 9.59 Å². The van der Waals surface area contributed by atoms with Crippen LogP contribution in [0.4, 0.5) is 169 Å². The minimum Gasteiger partial charge on any atom is -0.383 e. The molecule has 3 unspecified atom stereocenters. The van der Waals surface area contributed by atoms with Gasteiger partial charge in [-0.15, -0.1) is 0 Å². The van der Waals surface area contributed by atoms with Crippen molar-refractivity contribution in [3.05, 3.63) is 71.8 Å². The second kappa shape index (κ2) is 126. The lowest BCUT2D eigenvalue weighted by Gasteiger charge is -2.25. The normalized spacial score (nSPS) is 13.2. The molecule has 2 saturated heterocycles. The van der Waals surface area contributed by atoms with Crippen LogP contribution in [0, 0.1) is 23.7 Å². The van der Waals surface area contributed by atoms with Crippen LogP contribution in [0.25, 0.3) is 0 Å². The smallest absolute Gasteiger partial charge is 0.252 e. The van der Waals surface area contributed by atoms with E-state index in [1.54, 1.807) is 4.90 Å². The number of likely N-dealkylation sites (tertiary alicyclic amines) is 2. The van der Waals surface area contributed by atoms with Gasteiger partial charge < -0.3 is 14.9 Å². The van der Waals surface area contributed by atoms with E-state index in [2.05, 4.69) is 46.8 Å². The summed E-state index contributed by atoms with van der Waals surface area (Å²) in [6.45, 7) is 14.2. The maximum Gasteiger partial charge on any atom is 0.252 e. The molecule has 2 aromatic carbocycles. The quantitative estimate of drug-likeness (QED) is 0.293. The lowest BCUT2D eigenvalue weighted by molar-refractivity contribution is -0.137. The van der Waals surface area contributed by atoms with E-state index in [0.717, 1.165) is 18.5 Å². The van der Waals surface area contributed by atoms with Crippen molar-refractivity contribution in [2.45, 2.75) is 66.2 Å². The molecule has 1 N–H and O–H groups in total. The first-order valence-electron chi connectivity index (χ1n) is 15.6. The highest BCUT2D eigenvalue weighted by atomic mass is 20.0. The molecule has 0 spiro atoms. The van der Waals surface area contributed by atoms with Crippen LogP contribution in [0.5, 0.6) is 0 Å². The fraction of sp³-hybridized carbons (Fsp3) is 0.533. The maximum atomic E-state index is 12.1. The Kier molecular flexibility index (Phi) is 204. The molecule has 0 radical (unpaired) electrons. The molecule has 2 aliphatic heterocycles. The van der Waals surface area contributed by atoms with Gasteiger partial charge in [0, 0.05) is 190 Å². The number of hydrogen-bond acceptors (Lipinski definition) is 3. The van der Waals surface area contributed by atoms with Gasteiger partial charge in [-0.1, -0.05) is 88.4 Å². The van der Waals surface area contributed by atoms with Gasteiger partial charge >= 0.3 is 0 Å². The fourth-order valence-electron chi connectivity index (χ4n) is 5.10. The summed E-state index contributed by atoms with van der Waals surface area (Å²) in [5.41, 5.74) is 2.34. The Balaban J connectivity index is -0.0000000343. The molecule has 2 aliphatic rings. The molecule has 72 heavy (non-hydrogen) atoms. The molecular formula is C30H43F37N2O3. The fourth-order valence-corrected chi connectivity index (χ4v) is 5.10. The molecule has 0 aliphatic carbocycles. The number of halogens is 37. The van der Waals surface area contributed by atoms with Crippen molar-refractivity contribution in [2.75, 3.05) is 13.1 Å². The minimum absolute atomic E-state index is 0. The van der Waals surface area contributed by atoms with Crippen LogP contribution in [0.15, 0.2) is 60.7 Å². The highest BCUT2D eigenvalue weighted by Crippen LogP contribution is 2.33. The standard InChI is InChI=1S/C15H21NO2.C15H21NO.18F2.FH/c1-10(2)13-9-16(15(18)14(13)17)11(3)12-7-5-4-6-8-12;1-11(2)14-9-15(17)16(10-14)12(3)13-7-5-4-6-8-13;18*1-2;/h4-8,10-11,13-14,17H,9H2,1-3H3;4-8,11-12,14H,9-10H2,1-3H3;;;;;;;;;;;;;;;;;;;1H/t11-,13?,14?;12-,14?;;;;;;;;;;;;;;;;;;;/m11.................../s1. The summed E-state index contributed by atoms with van der Waals surface area (Å²) in [6, 6.07) is 20.5. The van der Waals surface area contributed by atoms with Gasteiger partial charge in [0.1, 0.15) is 6.10 Å². The van der Waals surface area contributed by atoms with Crippen LogP contribution in [0.2, 0.25) is 0 Å². The average Bonchev–Trinajstić information content (AvgIpc) is 4.06. The first kappa shape index (κ1) is 117. The van der Waals surface area contributed by atoms with Crippen molar-refractivity contribution in [3.63, 3.8) is 0 Å². The van der Waals surface area contributed by atoms with E-state index in [0.29, 0.717) is 30.2 Å². The number of hydrogen-bond donors (Lipinski definition) is 1. The Bertz CT molecular complexity index is 1030. The number of aliphatic hydroxyl groups is 1. The van der Waals surface area contributed by atoms with E-state index >= 15 is 0 Å². The molecule has 5 atom stereocenters. The summed E-state index contributed by atoms with van der Waals surface area (Å²) in [7, 11) is 0. The second-order valence-electron chi connectivity index (χ2n) is 10.8. The topological polar surface area (TPSA) is 60.9 Å².